The Hall–Kier alpha value is -1.50. The molecule has 0 aliphatic carbocycles. The highest BCUT2D eigenvalue weighted by Gasteiger charge is 2.05. The van der Waals surface area contributed by atoms with Gasteiger partial charge in [-0.25, -0.2) is 9.59 Å². The zero-order chi connectivity index (χ0) is 16.6. The minimum absolute atomic E-state index is 0.317. The predicted octanol–water partition coefficient (Wildman–Crippen LogP) is 1.97. The Morgan fingerprint density at radius 1 is 0.864 bits per heavy atom. The second kappa shape index (κ2) is 14.4. The number of ether oxygens (including phenoxy) is 2. The highest BCUT2D eigenvalue weighted by molar-refractivity contribution is 5.67. The van der Waals surface area contributed by atoms with Crippen LogP contribution in [0.1, 0.15) is 39.5 Å². The molecule has 0 spiro atoms. The van der Waals surface area contributed by atoms with Gasteiger partial charge in [0.15, 0.2) is 0 Å². The SMILES string of the molecule is CCCCNC(=O)OCCN(C)CCOC(=O)NCCCC. The van der Waals surface area contributed by atoms with Crippen molar-refractivity contribution in [2.75, 3.05) is 46.4 Å². The summed E-state index contributed by atoms with van der Waals surface area (Å²) < 4.78 is 10.1. The summed E-state index contributed by atoms with van der Waals surface area (Å²) in [5, 5.41) is 5.36. The van der Waals surface area contributed by atoms with Crippen molar-refractivity contribution >= 4 is 12.2 Å². The number of carbonyl (C=O) groups is 2. The van der Waals surface area contributed by atoms with E-state index in [0.29, 0.717) is 39.4 Å². The van der Waals surface area contributed by atoms with Crippen molar-refractivity contribution in [1.29, 1.82) is 0 Å². The van der Waals surface area contributed by atoms with Gasteiger partial charge in [0.05, 0.1) is 0 Å². The Balaban J connectivity index is 3.47. The van der Waals surface area contributed by atoms with E-state index in [-0.39, 0.29) is 12.2 Å². The van der Waals surface area contributed by atoms with Crippen molar-refractivity contribution < 1.29 is 19.1 Å². The Bertz CT molecular complexity index is 273. The first-order valence-electron chi connectivity index (χ1n) is 8.09. The summed E-state index contributed by atoms with van der Waals surface area (Å²) in [5.74, 6) is 0. The summed E-state index contributed by atoms with van der Waals surface area (Å²) in [6.45, 7) is 7.25. The van der Waals surface area contributed by atoms with Gasteiger partial charge in [0.2, 0.25) is 0 Å². The Labute approximate surface area is 133 Å². The summed E-state index contributed by atoms with van der Waals surface area (Å²) in [6, 6.07) is 0. The highest BCUT2D eigenvalue weighted by atomic mass is 16.6. The minimum atomic E-state index is -0.381. The average molecular weight is 317 g/mol. The Morgan fingerprint density at radius 2 is 1.27 bits per heavy atom. The third kappa shape index (κ3) is 13.5. The third-order valence-corrected chi connectivity index (χ3v) is 3.01. The molecule has 0 unspecified atom stereocenters. The van der Waals surface area contributed by atoms with Crippen LogP contribution in [0.15, 0.2) is 0 Å². The first-order chi connectivity index (χ1) is 10.6. The summed E-state index contributed by atoms with van der Waals surface area (Å²) in [7, 11) is 1.89. The van der Waals surface area contributed by atoms with Crippen LogP contribution in [0.5, 0.6) is 0 Å². The smallest absolute Gasteiger partial charge is 0.407 e. The van der Waals surface area contributed by atoms with Crippen LogP contribution in [-0.4, -0.2) is 63.5 Å². The zero-order valence-electron chi connectivity index (χ0n) is 14.2. The van der Waals surface area contributed by atoms with Crippen LogP contribution in [0.3, 0.4) is 0 Å². The molecule has 0 heterocycles. The van der Waals surface area contributed by atoms with Crippen molar-refractivity contribution in [3.63, 3.8) is 0 Å². The standard InChI is InChI=1S/C15H31N3O4/c1-4-6-8-16-14(19)21-12-10-18(3)11-13-22-15(20)17-9-7-5-2/h4-13H2,1-3H3,(H,16,19)(H,17,20). The lowest BCUT2D eigenvalue weighted by Gasteiger charge is -2.16. The fraction of sp³-hybridized carbons (Fsp3) is 0.867. The normalized spacial score (nSPS) is 10.4. The molecular formula is C15H31N3O4. The van der Waals surface area contributed by atoms with E-state index < -0.39 is 0 Å². The van der Waals surface area contributed by atoms with Gasteiger partial charge in [-0.2, -0.15) is 0 Å². The topological polar surface area (TPSA) is 79.9 Å². The first kappa shape index (κ1) is 20.5. The molecule has 0 aromatic rings. The first-order valence-corrected chi connectivity index (χ1v) is 8.09. The molecule has 0 aromatic carbocycles. The maximum absolute atomic E-state index is 11.3. The quantitative estimate of drug-likeness (QED) is 0.538. The largest absolute Gasteiger partial charge is 0.448 e. The number of hydrogen-bond acceptors (Lipinski definition) is 5. The van der Waals surface area contributed by atoms with E-state index in [2.05, 4.69) is 24.5 Å². The lowest BCUT2D eigenvalue weighted by molar-refractivity contribution is 0.115. The lowest BCUT2D eigenvalue weighted by Crippen LogP contribution is -2.32. The predicted molar refractivity (Wildman–Crippen MR) is 86.0 cm³/mol. The van der Waals surface area contributed by atoms with Crippen LogP contribution in [0.25, 0.3) is 0 Å². The number of rotatable bonds is 12. The van der Waals surface area contributed by atoms with Crippen molar-refractivity contribution in [1.82, 2.24) is 15.5 Å². The van der Waals surface area contributed by atoms with Gasteiger partial charge in [0, 0.05) is 26.2 Å². The summed E-state index contributed by atoms with van der Waals surface area (Å²) in [5.41, 5.74) is 0. The molecule has 0 aliphatic heterocycles. The van der Waals surface area contributed by atoms with E-state index in [1.807, 2.05) is 11.9 Å². The number of amides is 2. The second-order valence-electron chi connectivity index (χ2n) is 5.14. The van der Waals surface area contributed by atoms with Crippen molar-refractivity contribution in [3.05, 3.63) is 0 Å². The molecule has 0 aliphatic rings. The van der Waals surface area contributed by atoms with E-state index in [1.165, 1.54) is 0 Å². The lowest BCUT2D eigenvalue weighted by atomic mass is 10.3. The van der Waals surface area contributed by atoms with Gasteiger partial charge in [0.25, 0.3) is 0 Å². The van der Waals surface area contributed by atoms with Gasteiger partial charge in [-0.1, -0.05) is 26.7 Å². The number of alkyl carbamates (subject to hydrolysis) is 2. The molecule has 0 radical (unpaired) electrons. The average Bonchev–Trinajstić information content (AvgIpc) is 2.48. The fourth-order valence-corrected chi connectivity index (χ4v) is 1.54. The zero-order valence-corrected chi connectivity index (χ0v) is 14.2. The van der Waals surface area contributed by atoms with Crippen LogP contribution >= 0.6 is 0 Å². The Kier molecular flexibility index (Phi) is 13.5. The van der Waals surface area contributed by atoms with E-state index in [1.54, 1.807) is 0 Å². The van der Waals surface area contributed by atoms with E-state index in [4.69, 9.17) is 9.47 Å². The van der Waals surface area contributed by atoms with Gasteiger partial charge in [0.1, 0.15) is 13.2 Å². The number of unbranched alkanes of at least 4 members (excludes halogenated alkanes) is 2. The Morgan fingerprint density at radius 3 is 1.64 bits per heavy atom. The molecule has 22 heavy (non-hydrogen) atoms. The maximum Gasteiger partial charge on any atom is 0.407 e. The van der Waals surface area contributed by atoms with Gasteiger partial charge in [-0.3, -0.25) is 4.90 Å². The van der Waals surface area contributed by atoms with Crippen LogP contribution < -0.4 is 10.6 Å². The number of likely N-dealkylation sites (N-methyl/N-ethyl adjacent to an activating group) is 1. The second-order valence-corrected chi connectivity index (χ2v) is 5.14. The number of hydrogen-bond donors (Lipinski definition) is 2. The molecule has 0 rings (SSSR count). The van der Waals surface area contributed by atoms with Crippen molar-refractivity contribution in [3.8, 4) is 0 Å². The van der Waals surface area contributed by atoms with E-state index in [9.17, 15) is 9.59 Å². The molecule has 2 amide bonds. The highest BCUT2D eigenvalue weighted by Crippen LogP contribution is 1.89. The molecule has 0 saturated carbocycles. The van der Waals surface area contributed by atoms with Crippen LogP contribution in [-0.2, 0) is 9.47 Å². The molecule has 0 fully saturated rings. The number of carbonyl (C=O) groups excluding carboxylic acids is 2. The summed E-state index contributed by atoms with van der Waals surface area (Å²) in [6.07, 6.45) is 3.21. The van der Waals surface area contributed by atoms with Crippen LogP contribution in [0.4, 0.5) is 9.59 Å². The van der Waals surface area contributed by atoms with Gasteiger partial charge >= 0.3 is 12.2 Å². The van der Waals surface area contributed by atoms with Crippen LogP contribution in [0, 0.1) is 0 Å². The van der Waals surface area contributed by atoms with Gasteiger partial charge < -0.3 is 20.1 Å². The maximum atomic E-state index is 11.3. The molecule has 0 atom stereocenters. The van der Waals surface area contributed by atoms with Crippen molar-refractivity contribution in [2.45, 2.75) is 39.5 Å². The number of nitrogens with zero attached hydrogens (tertiary/aromatic N) is 1. The van der Waals surface area contributed by atoms with Gasteiger partial charge in [-0.15, -0.1) is 0 Å². The molecule has 7 nitrogen and oxygen atoms in total. The number of nitrogens with one attached hydrogen (secondary N) is 2. The minimum Gasteiger partial charge on any atom is -0.448 e. The molecule has 0 aromatic heterocycles. The molecular weight excluding hydrogens is 286 g/mol. The molecule has 7 heteroatoms. The monoisotopic (exact) mass is 317 g/mol. The summed E-state index contributed by atoms with van der Waals surface area (Å²) >= 11 is 0. The molecule has 2 N–H and O–H groups in total. The third-order valence-electron chi connectivity index (χ3n) is 3.01. The summed E-state index contributed by atoms with van der Waals surface area (Å²) in [4.78, 5) is 24.5. The molecule has 0 bridgehead atoms. The van der Waals surface area contributed by atoms with E-state index >= 15 is 0 Å². The fourth-order valence-electron chi connectivity index (χ4n) is 1.54. The van der Waals surface area contributed by atoms with E-state index in [0.717, 1.165) is 25.7 Å². The van der Waals surface area contributed by atoms with Gasteiger partial charge in [-0.05, 0) is 19.9 Å². The van der Waals surface area contributed by atoms with Crippen LogP contribution in [0.2, 0.25) is 0 Å². The molecule has 0 saturated heterocycles. The molecule has 130 valence electrons. The van der Waals surface area contributed by atoms with Crippen molar-refractivity contribution in [2.24, 2.45) is 0 Å².